The third kappa shape index (κ3) is 7.27. The molecule has 7 nitrogen and oxygen atoms in total. The largest absolute Gasteiger partial charge is 0.347 e. The van der Waals surface area contributed by atoms with E-state index >= 15 is 0 Å². The summed E-state index contributed by atoms with van der Waals surface area (Å²) in [5.74, 6) is -0.809. The Labute approximate surface area is 198 Å². The maximum atomic E-state index is 13.2. The molecule has 0 aliphatic carbocycles. The highest BCUT2D eigenvalue weighted by Gasteiger charge is 2.15. The quantitative estimate of drug-likeness (QED) is 0.460. The zero-order chi connectivity index (χ0) is 24.3. The van der Waals surface area contributed by atoms with E-state index in [-0.39, 0.29) is 36.9 Å². The Bertz CT molecular complexity index is 1190. The van der Waals surface area contributed by atoms with Crippen molar-refractivity contribution in [2.45, 2.75) is 39.2 Å². The van der Waals surface area contributed by atoms with E-state index in [9.17, 15) is 19.2 Å². The van der Waals surface area contributed by atoms with Crippen molar-refractivity contribution >= 4 is 23.3 Å². The van der Waals surface area contributed by atoms with Crippen molar-refractivity contribution in [2.24, 2.45) is 0 Å². The van der Waals surface area contributed by atoms with E-state index in [1.165, 1.54) is 4.57 Å². The standard InChI is InChI=1S/C27H29N3O4/c1-2-23(31)18-28-26(33)19-30-22(17-21-11-7-4-8-12-21)14-15-24(27(30)34)29-25(32)16-13-20-9-5-3-6-10-20/h3-12,14-15H,2,13,16-19H2,1H3,(H,28,33)(H,29,32). The Morgan fingerprint density at radius 1 is 0.824 bits per heavy atom. The summed E-state index contributed by atoms with van der Waals surface area (Å²) in [4.78, 5) is 49.7. The van der Waals surface area contributed by atoms with E-state index in [1.807, 2.05) is 60.7 Å². The monoisotopic (exact) mass is 459 g/mol. The fraction of sp³-hybridized carbons (Fsp3) is 0.259. The second kappa shape index (κ2) is 12.3. The average Bonchev–Trinajstić information content (AvgIpc) is 2.86. The van der Waals surface area contributed by atoms with E-state index in [1.54, 1.807) is 19.1 Å². The van der Waals surface area contributed by atoms with Crippen molar-refractivity contribution in [1.29, 1.82) is 0 Å². The molecule has 0 unspecified atom stereocenters. The lowest BCUT2D eigenvalue weighted by Gasteiger charge is -2.15. The van der Waals surface area contributed by atoms with Gasteiger partial charge in [0.05, 0.1) is 6.54 Å². The number of carbonyl (C=O) groups is 3. The van der Waals surface area contributed by atoms with Gasteiger partial charge in [0.15, 0.2) is 5.78 Å². The van der Waals surface area contributed by atoms with Crippen molar-refractivity contribution in [3.63, 3.8) is 0 Å². The van der Waals surface area contributed by atoms with E-state index in [4.69, 9.17) is 0 Å². The van der Waals surface area contributed by atoms with Crippen LogP contribution in [0, 0.1) is 0 Å². The van der Waals surface area contributed by atoms with Crippen molar-refractivity contribution in [1.82, 2.24) is 9.88 Å². The summed E-state index contributed by atoms with van der Waals surface area (Å²) in [6.07, 6.45) is 1.55. The molecule has 0 aliphatic rings. The van der Waals surface area contributed by atoms with Crippen molar-refractivity contribution < 1.29 is 14.4 Å². The number of anilines is 1. The van der Waals surface area contributed by atoms with E-state index in [2.05, 4.69) is 10.6 Å². The van der Waals surface area contributed by atoms with Crippen LogP contribution in [0.15, 0.2) is 77.6 Å². The summed E-state index contributed by atoms with van der Waals surface area (Å²) in [5, 5.41) is 5.25. The van der Waals surface area contributed by atoms with Crippen molar-refractivity contribution in [2.75, 3.05) is 11.9 Å². The van der Waals surface area contributed by atoms with Gasteiger partial charge in [0, 0.05) is 25.0 Å². The smallest absolute Gasteiger partial charge is 0.275 e. The van der Waals surface area contributed by atoms with Crippen LogP contribution < -0.4 is 16.2 Å². The Morgan fingerprint density at radius 3 is 2.12 bits per heavy atom. The van der Waals surface area contributed by atoms with Gasteiger partial charge >= 0.3 is 0 Å². The van der Waals surface area contributed by atoms with Crippen LogP contribution in [0.3, 0.4) is 0 Å². The molecule has 0 aliphatic heterocycles. The van der Waals surface area contributed by atoms with Crippen LogP contribution in [0.4, 0.5) is 5.69 Å². The minimum Gasteiger partial charge on any atom is -0.347 e. The lowest BCUT2D eigenvalue weighted by Crippen LogP contribution is -2.37. The fourth-order valence-electron chi connectivity index (χ4n) is 3.48. The summed E-state index contributed by atoms with van der Waals surface area (Å²) >= 11 is 0. The summed E-state index contributed by atoms with van der Waals surface area (Å²) in [7, 11) is 0. The van der Waals surface area contributed by atoms with Crippen LogP contribution in [0.2, 0.25) is 0 Å². The van der Waals surface area contributed by atoms with Gasteiger partial charge in [0.25, 0.3) is 5.56 Å². The summed E-state index contributed by atoms with van der Waals surface area (Å²) in [6, 6.07) is 22.5. The van der Waals surface area contributed by atoms with E-state index in [0.717, 1.165) is 11.1 Å². The number of ketones is 1. The molecule has 1 aromatic heterocycles. The Morgan fingerprint density at radius 2 is 1.47 bits per heavy atom. The van der Waals surface area contributed by atoms with Gasteiger partial charge in [0.2, 0.25) is 11.8 Å². The third-order valence-corrected chi connectivity index (χ3v) is 5.43. The third-order valence-electron chi connectivity index (χ3n) is 5.43. The first kappa shape index (κ1) is 24.6. The van der Waals surface area contributed by atoms with Crippen LogP contribution >= 0.6 is 0 Å². The minimum absolute atomic E-state index is 0.0754. The lowest BCUT2D eigenvalue weighted by molar-refractivity contribution is -0.125. The molecule has 3 aromatic rings. The second-order valence-electron chi connectivity index (χ2n) is 7.99. The molecule has 0 radical (unpaired) electrons. The highest BCUT2D eigenvalue weighted by Crippen LogP contribution is 2.12. The molecule has 0 fully saturated rings. The van der Waals surface area contributed by atoms with Gasteiger partial charge in [-0.25, -0.2) is 0 Å². The predicted octanol–water partition coefficient (Wildman–Crippen LogP) is 3.11. The molecule has 2 aromatic carbocycles. The minimum atomic E-state index is -0.460. The number of nitrogens with zero attached hydrogens (tertiary/aromatic N) is 1. The molecule has 7 heteroatoms. The van der Waals surface area contributed by atoms with Gasteiger partial charge in [-0.15, -0.1) is 0 Å². The molecule has 0 saturated heterocycles. The fourth-order valence-corrected chi connectivity index (χ4v) is 3.48. The van der Waals surface area contributed by atoms with Crippen LogP contribution in [-0.4, -0.2) is 28.7 Å². The number of aryl methyl sites for hydroxylation is 1. The Hall–Kier alpha value is -4.00. The zero-order valence-electron chi connectivity index (χ0n) is 19.3. The zero-order valence-corrected chi connectivity index (χ0v) is 19.3. The number of pyridine rings is 1. The van der Waals surface area contributed by atoms with Crippen LogP contribution in [0.5, 0.6) is 0 Å². The molecule has 176 valence electrons. The summed E-state index contributed by atoms with van der Waals surface area (Å²) in [5.41, 5.74) is 2.31. The van der Waals surface area contributed by atoms with Gasteiger partial charge in [-0.05, 0) is 29.7 Å². The van der Waals surface area contributed by atoms with Crippen molar-refractivity contribution in [3.8, 4) is 0 Å². The number of hydrogen-bond donors (Lipinski definition) is 2. The maximum Gasteiger partial charge on any atom is 0.275 e. The lowest BCUT2D eigenvalue weighted by atomic mass is 10.1. The maximum absolute atomic E-state index is 13.2. The first-order valence-corrected chi connectivity index (χ1v) is 11.3. The van der Waals surface area contributed by atoms with Crippen LogP contribution in [0.25, 0.3) is 0 Å². The molecule has 34 heavy (non-hydrogen) atoms. The summed E-state index contributed by atoms with van der Waals surface area (Å²) in [6.45, 7) is 1.40. The number of benzene rings is 2. The number of amides is 2. The molecule has 2 amide bonds. The molecular weight excluding hydrogens is 430 g/mol. The number of hydrogen-bond acceptors (Lipinski definition) is 4. The van der Waals surface area contributed by atoms with Crippen molar-refractivity contribution in [3.05, 3.63) is 100.0 Å². The van der Waals surface area contributed by atoms with Gasteiger partial charge < -0.3 is 15.2 Å². The van der Waals surface area contributed by atoms with Gasteiger partial charge in [-0.3, -0.25) is 19.2 Å². The molecular formula is C27H29N3O4. The first-order chi connectivity index (χ1) is 16.5. The van der Waals surface area contributed by atoms with Gasteiger partial charge in [-0.2, -0.15) is 0 Å². The number of Topliss-reactive ketones (excluding diaryl/α,β-unsaturated/α-hetero) is 1. The van der Waals surface area contributed by atoms with Gasteiger partial charge in [0.1, 0.15) is 12.2 Å². The number of rotatable bonds is 11. The topological polar surface area (TPSA) is 97.3 Å². The number of carbonyl (C=O) groups excluding carboxylic acids is 3. The van der Waals surface area contributed by atoms with E-state index in [0.29, 0.717) is 25.0 Å². The van der Waals surface area contributed by atoms with Crippen LogP contribution in [-0.2, 0) is 33.8 Å². The Balaban J connectivity index is 1.78. The van der Waals surface area contributed by atoms with Gasteiger partial charge in [-0.1, -0.05) is 67.6 Å². The number of aromatic nitrogens is 1. The predicted molar refractivity (Wildman–Crippen MR) is 132 cm³/mol. The molecule has 3 rings (SSSR count). The SMILES string of the molecule is CCC(=O)CNC(=O)Cn1c(Cc2ccccc2)ccc(NC(=O)CCc2ccccc2)c1=O. The van der Waals surface area contributed by atoms with E-state index < -0.39 is 11.5 Å². The molecule has 1 heterocycles. The van der Waals surface area contributed by atoms with Crippen LogP contribution in [0.1, 0.15) is 36.6 Å². The highest BCUT2D eigenvalue weighted by atomic mass is 16.2. The second-order valence-corrected chi connectivity index (χ2v) is 7.99. The highest BCUT2D eigenvalue weighted by molar-refractivity contribution is 5.90. The molecule has 2 N–H and O–H groups in total. The molecule has 0 spiro atoms. The summed E-state index contributed by atoms with van der Waals surface area (Å²) < 4.78 is 1.35. The number of nitrogens with one attached hydrogen (secondary N) is 2. The Kier molecular flexibility index (Phi) is 8.91. The average molecular weight is 460 g/mol. The normalized spacial score (nSPS) is 10.5. The molecule has 0 saturated carbocycles. The first-order valence-electron chi connectivity index (χ1n) is 11.3. The molecule has 0 bridgehead atoms. The molecule has 0 atom stereocenters.